The number of hydrogen-bond donors (Lipinski definition) is 3. The average molecular weight is 194 g/mol. The monoisotopic (exact) mass is 194 g/mol. The van der Waals surface area contributed by atoms with Crippen molar-refractivity contribution in [2.24, 2.45) is 5.84 Å². The number of fused-ring (bicyclic) bond motifs is 1. The summed E-state index contributed by atoms with van der Waals surface area (Å²) in [5.41, 5.74) is 1.16. The number of carbonyl (C=O) groups excluding carboxylic acids is 1. The molecule has 14 heavy (non-hydrogen) atoms. The van der Waals surface area contributed by atoms with Gasteiger partial charge >= 0.3 is 0 Å². The molecule has 0 saturated heterocycles. The molecule has 0 atom stereocenters. The standard InChI is InChI=1S/C6H6N6O2/c7-11-4(13)3-1-8-6-9-2-10-12(6)5(3)14/h1-2H,7H2,(H,11,13)(H,8,9,10). The number of hydrogen-bond acceptors (Lipinski definition) is 5. The molecule has 0 aliphatic carbocycles. The van der Waals surface area contributed by atoms with Crippen molar-refractivity contribution in [1.29, 1.82) is 0 Å². The van der Waals surface area contributed by atoms with E-state index < -0.39 is 11.5 Å². The zero-order valence-electron chi connectivity index (χ0n) is 6.89. The summed E-state index contributed by atoms with van der Waals surface area (Å²) in [5.74, 6) is 4.40. The molecular weight excluding hydrogens is 188 g/mol. The van der Waals surface area contributed by atoms with Crippen LogP contribution in [0.3, 0.4) is 0 Å². The number of nitrogens with zero attached hydrogens (tertiary/aromatic N) is 3. The van der Waals surface area contributed by atoms with Crippen LogP contribution in [0.15, 0.2) is 17.3 Å². The molecule has 2 rings (SSSR count). The number of nitrogens with two attached hydrogens (primary N) is 1. The Morgan fingerprint density at radius 1 is 1.57 bits per heavy atom. The van der Waals surface area contributed by atoms with Gasteiger partial charge in [0.05, 0.1) is 0 Å². The lowest BCUT2D eigenvalue weighted by Gasteiger charge is -1.97. The molecule has 0 fully saturated rings. The predicted octanol–water partition coefficient (Wildman–Crippen LogP) is -1.98. The molecule has 8 nitrogen and oxygen atoms in total. The van der Waals surface area contributed by atoms with Gasteiger partial charge in [-0.15, -0.1) is 0 Å². The first kappa shape index (κ1) is 8.38. The van der Waals surface area contributed by atoms with E-state index in [4.69, 9.17) is 5.84 Å². The second-order valence-corrected chi connectivity index (χ2v) is 2.47. The van der Waals surface area contributed by atoms with E-state index in [2.05, 4.69) is 15.1 Å². The van der Waals surface area contributed by atoms with Gasteiger partial charge in [0.1, 0.15) is 11.9 Å². The summed E-state index contributed by atoms with van der Waals surface area (Å²) in [6.07, 6.45) is 2.43. The SMILES string of the molecule is NNC(=O)c1cnc2nc[nH]n2c1=O. The van der Waals surface area contributed by atoms with Crippen LogP contribution in [-0.2, 0) is 0 Å². The molecule has 2 aromatic rings. The van der Waals surface area contributed by atoms with Gasteiger partial charge in [-0.3, -0.25) is 20.1 Å². The summed E-state index contributed by atoms with van der Waals surface area (Å²) in [6.45, 7) is 0. The number of hydrazine groups is 1. The normalized spacial score (nSPS) is 10.4. The first-order valence-electron chi connectivity index (χ1n) is 3.66. The summed E-state index contributed by atoms with van der Waals surface area (Å²) < 4.78 is 1.05. The number of carbonyl (C=O) groups is 1. The molecule has 2 heterocycles. The van der Waals surface area contributed by atoms with E-state index in [1.165, 1.54) is 6.33 Å². The van der Waals surface area contributed by atoms with Crippen molar-refractivity contribution in [3.63, 3.8) is 0 Å². The molecule has 8 heteroatoms. The summed E-state index contributed by atoms with van der Waals surface area (Å²) in [4.78, 5) is 30.1. The Bertz CT molecular complexity index is 540. The van der Waals surface area contributed by atoms with Gasteiger partial charge < -0.3 is 0 Å². The van der Waals surface area contributed by atoms with Crippen molar-refractivity contribution >= 4 is 11.7 Å². The number of rotatable bonds is 1. The Kier molecular flexibility index (Phi) is 1.75. The van der Waals surface area contributed by atoms with Gasteiger partial charge in [0.25, 0.3) is 17.2 Å². The third-order valence-electron chi connectivity index (χ3n) is 1.69. The largest absolute Gasteiger partial charge is 0.290 e. The molecule has 0 aromatic carbocycles. The molecule has 0 aliphatic rings. The van der Waals surface area contributed by atoms with Gasteiger partial charge in [0.2, 0.25) is 0 Å². The highest BCUT2D eigenvalue weighted by Crippen LogP contribution is 1.91. The van der Waals surface area contributed by atoms with Crippen molar-refractivity contribution in [2.45, 2.75) is 0 Å². The molecule has 0 aliphatic heterocycles. The highest BCUT2D eigenvalue weighted by molar-refractivity contribution is 5.93. The van der Waals surface area contributed by atoms with Crippen LogP contribution in [0.1, 0.15) is 10.4 Å². The fraction of sp³-hybridized carbons (Fsp3) is 0. The van der Waals surface area contributed by atoms with Crippen LogP contribution >= 0.6 is 0 Å². The molecule has 2 aromatic heterocycles. The minimum Gasteiger partial charge on any atom is -0.290 e. The molecule has 1 amide bonds. The van der Waals surface area contributed by atoms with Crippen LogP contribution in [0.2, 0.25) is 0 Å². The van der Waals surface area contributed by atoms with Crippen LogP contribution in [-0.4, -0.2) is 25.5 Å². The van der Waals surface area contributed by atoms with E-state index in [0.717, 1.165) is 10.7 Å². The second kappa shape index (κ2) is 2.92. The zero-order chi connectivity index (χ0) is 10.1. The summed E-state index contributed by atoms with van der Waals surface area (Å²) in [5, 5.41) is 2.52. The van der Waals surface area contributed by atoms with Crippen molar-refractivity contribution < 1.29 is 4.79 Å². The molecule has 0 bridgehead atoms. The van der Waals surface area contributed by atoms with E-state index in [9.17, 15) is 9.59 Å². The number of nitrogens with one attached hydrogen (secondary N) is 2. The Labute approximate surface area is 76.7 Å². The maximum absolute atomic E-state index is 11.5. The number of nitrogen functional groups attached to an aromatic ring is 1. The fourth-order valence-electron chi connectivity index (χ4n) is 1.03. The molecule has 0 saturated carbocycles. The fourth-order valence-corrected chi connectivity index (χ4v) is 1.03. The molecule has 72 valence electrons. The molecule has 0 radical (unpaired) electrons. The first-order valence-corrected chi connectivity index (χ1v) is 3.66. The van der Waals surface area contributed by atoms with Gasteiger partial charge in [0.15, 0.2) is 0 Å². The van der Waals surface area contributed by atoms with Crippen LogP contribution < -0.4 is 16.8 Å². The van der Waals surface area contributed by atoms with Gasteiger partial charge in [-0.2, -0.15) is 4.52 Å². The van der Waals surface area contributed by atoms with Crippen LogP contribution in [0.5, 0.6) is 0 Å². The van der Waals surface area contributed by atoms with E-state index in [0.29, 0.717) is 0 Å². The lowest BCUT2D eigenvalue weighted by Crippen LogP contribution is -2.35. The van der Waals surface area contributed by atoms with Crippen molar-refractivity contribution in [3.05, 3.63) is 28.4 Å². The molecule has 0 spiro atoms. The van der Waals surface area contributed by atoms with E-state index in [1.807, 2.05) is 5.43 Å². The van der Waals surface area contributed by atoms with Gasteiger partial charge in [-0.05, 0) is 0 Å². The van der Waals surface area contributed by atoms with Crippen LogP contribution in [0.4, 0.5) is 0 Å². The molecule has 0 unspecified atom stereocenters. The maximum Gasteiger partial charge on any atom is 0.286 e. The maximum atomic E-state index is 11.5. The number of aromatic amines is 1. The van der Waals surface area contributed by atoms with Crippen molar-refractivity contribution in [1.82, 2.24) is 25.0 Å². The first-order chi connectivity index (χ1) is 6.74. The van der Waals surface area contributed by atoms with Crippen LogP contribution in [0.25, 0.3) is 5.78 Å². The van der Waals surface area contributed by atoms with E-state index in [1.54, 1.807) is 0 Å². The minimum absolute atomic E-state index is 0.144. The Morgan fingerprint density at radius 2 is 2.36 bits per heavy atom. The topological polar surface area (TPSA) is 118 Å². The highest BCUT2D eigenvalue weighted by Gasteiger charge is 2.12. The quantitative estimate of drug-likeness (QED) is 0.276. The molecule has 4 N–H and O–H groups in total. The van der Waals surface area contributed by atoms with E-state index >= 15 is 0 Å². The summed E-state index contributed by atoms with van der Waals surface area (Å²) >= 11 is 0. The second-order valence-electron chi connectivity index (χ2n) is 2.47. The average Bonchev–Trinajstić information content (AvgIpc) is 2.66. The van der Waals surface area contributed by atoms with Gasteiger partial charge in [-0.25, -0.2) is 15.8 Å². The summed E-state index contributed by atoms with van der Waals surface area (Å²) in [7, 11) is 0. The zero-order valence-corrected chi connectivity index (χ0v) is 6.89. The summed E-state index contributed by atoms with van der Waals surface area (Å²) in [6, 6.07) is 0. The van der Waals surface area contributed by atoms with Crippen molar-refractivity contribution in [2.75, 3.05) is 0 Å². The highest BCUT2D eigenvalue weighted by atomic mass is 16.2. The number of H-pyrrole nitrogens is 1. The van der Waals surface area contributed by atoms with E-state index in [-0.39, 0.29) is 11.3 Å². The van der Waals surface area contributed by atoms with Crippen molar-refractivity contribution in [3.8, 4) is 0 Å². The number of aromatic nitrogens is 4. The number of amides is 1. The Balaban J connectivity index is 2.74. The lowest BCUT2D eigenvalue weighted by atomic mass is 10.3. The van der Waals surface area contributed by atoms with Gasteiger partial charge in [0, 0.05) is 6.20 Å². The van der Waals surface area contributed by atoms with Gasteiger partial charge in [-0.1, -0.05) is 0 Å². The lowest BCUT2D eigenvalue weighted by molar-refractivity contribution is 0.0951. The Morgan fingerprint density at radius 3 is 3.07 bits per heavy atom. The smallest absolute Gasteiger partial charge is 0.286 e. The predicted molar refractivity (Wildman–Crippen MR) is 45.3 cm³/mol. The molecular formula is C6H6N6O2. The van der Waals surface area contributed by atoms with Crippen LogP contribution in [0, 0.1) is 0 Å². The third kappa shape index (κ3) is 1.05. The Hall–Kier alpha value is -2.22. The minimum atomic E-state index is -0.688. The third-order valence-corrected chi connectivity index (χ3v) is 1.69.